The summed E-state index contributed by atoms with van der Waals surface area (Å²) in [4.78, 5) is 0. The Morgan fingerprint density at radius 2 is 1.93 bits per heavy atom. The van der Waals surface area contributed by atoms with Crippen molar-refractivity contribution >= 4 is 0 Å². The van der Waals surface area contributed by atoms with Gasteiger partial charge >= 0.3 is 0 Å². The largest absolute Gasteiger partial charge is 0.394 e. The molecule has 0 saturated carbocycles. The van der Waals surface area contributed by atoms with Crippen molar-refractivity contribution in [3.05, 3.63) is 35.8 Å². The van der Waals surface area contributed by atoms with Gasteiger partial charge in [-0.2, -0.15) is 0 Å². The van der Waals surface area contributed by atoms with Crippen LogP contribution < -0.4 is 5.73 Å². The topological polar surface area (TPSA) is 136 Å². The van der Waals surface area contributed by atoms with Gasteiger partial charge in [0.25, 0.3) is 0 Å². The monoisotopic (exact) mass is 416 g/mol. The zero-order valence-electron chi connectivity index (χ0n) is 15.0. The second-order valence-electron chi connectivity index (χ2n) is 7.07. The van der Waals surface area contributed by atoms with Crippen LogP contribution in [0.3, 0.4) is 0 Å². The maximum Gasteiger partial charge on any atom is 0.212 e. The van der Waals surface area contributed by atoms with Gasteiger partial charge < -0.3 is 30.5 Å². The lowest BCUT2D eigenvalue weighted by molar-refractivity contribution is -0.343. The van der Waals surface area contributed by atoms with E-state index in [2.05, 4.69) is 10.3 Å². The maximum absolute atomic E-state index is 13.5. The predicted molar refractivity (Wildman–Crippen MR) is 89.6 cm³/mol. The van der Waals surface area contributed by atoms with Gasteiger partial charge in [-0.3, -0.25) is 0 Å². The lowest BCUT2D eigenvalue weighted by Crippen LogP contribution is -2.67. The van der Waals surface area contributed by atoms with Gasteiger partial charge in [-0.15, -0.1) is 5.10 Å². The summed E-state index contributed by atoms with van der Waals surface area (Å²) in [6, 6.07) is -0.429. The van der Waals surface area contributed by atoms with Gasteiger partial charge in [0.2, 0.25) is 5.79 Å². The molecule has 29 heavy (non-hydrogen) atoms. The number of aliphatic hydroxyl groups excluding tert-OH is 3. The van der Waals surface area contributed by atoms with Gasteiger partial charge in [0.15, 0.2) is 17.5 Å². The SMILES string of the molecule is NC1CCOC12OC(CO)C(O)C(n1cc(-c3cc(F)c(F)c(F)c3)nn1)C2O. The average Bonchev–Trinajstić information content (AvgIpc) is 3.31. The first-order chi connectivity index (χ1) is 13.8. The van der Waals surface area contributed by atoms with Crippen LogP contribution in [0.25, 0.3) is 11.3 Å². The zero-order chi connectivity index (χ0) is 20.9. The lowest BCUT2D eigenvalue weighted by atomic mass is 9.87. The van der Waals surface area contributed by atoms with Crippen molar-refractivity contribution in [1.82, 2.24) is 15.0 Å². The van der Waals surface area contributed by atoms with Crippen LogP contribution in [0.4, 0.5) is 13.2 Å². The Morgan fingerprint density at radius 3 is 2.52 bits per heavy atom. The number of halogens is 3. The molecular formula is C17H19F3N4O5. The molecule has 0 radical (unpaired) electrons. The van der Waals surface area contributed by atoms with Gasteiger partial charge in [0, 0.05) is 5.56 Å². The molecule has 2 aliphatic rings. The van der Waals surface area contributed by atoms with E-state index < -0.39 is 60.2 Å². The maximum atomic E-state index is 13.5. The summed E-state index contributed by atoms with van der Waals surface area (Å²) in [7, 11) is 0. The fourth-order valence-electron chi connectivity index (χ4n) is 3.81. The second kappa shape index (κ2) is 7.31. The standard InChI is InChI=1S/C17H19F3N4O5/c18-8-3-7(4-9(19)13(8)20)10-5-24(23-22-10)14-15(26)11(6-25)29-17(16(14)27)12(21)1-2-28-17/h3-5,11-12,14-16,25-27H,1-2,6,21H2. The summed E-state index contributed by atoms with van der Waals surface area (Å²) in [5, 5.41) is 38.7. The summed E-state index contributed by atoms with van der Waals surface area (Å²) in [5.74, 6) is -6.08. The van der Waals surface area contributed by atoms with Gasteiger partial charge in [0.05, 0.1) is 25.5 Å². The van der Waals surface area contributed by atoms with Crippen molar-refractivity contribution in [3.8, 4) is 11.3 Å². The minimum absolute atomic E-state index is 0.0278. The van der Waals surface area contributed by atoms with E-state index in [9.17, 15) is 28.5 Å². The third-order valence-corrected chi connectivity index (χ3v) is 5.35. The molecule has 0 bridgehead atoms. The van der Waals surface area contributed by atoms with Gasteiger partial charge in [-0.05, 0) is 18.6 Å². The average molecular weight is 416 g/mol. The number of hydrogen-bond acceptors (Lipinski definition) is 8. The van der Waals surface area contributed by atoms with Gasteiger partial charge in [-0.1, -0.05) is 5.21 Å². The van der Waals surface area contributed by atoms with Crippen molar-refractivity contribution in [2.45, 2.75) is 42.6 Å². The molecule has 1 spiro atoms. The number of hydrogen-bond donors (Lipinski definition) is 4. The highest BCUT2D eigenvalue weighted by atomic mass is 19.2. The van der Waals surface area contributed by atoms with Crippen molar-refractivity contribution in [2.75, 3.05) is 13.2 Å². The van der Waals surface area contributed by atoms with Gasteiger partial charge in [-0.25, -0.2) is 17.9 Å². The third-order valence-electron chi connectivity index (χ3n) is 5.35. The second-order valence-corrected chi connectivity index (χ2v) is 7.07. The molecule has 0 amide bonds. The number of benzene rings is 1. The smallest absolute Gasteiger partial charge is 0.212 e. The molecule has 2 saturated heterocycles. The highest BCUT2D eigenvalue weighted by molar-refractivity contribution is 5.57. The fourth-order valence-corrected chi connectivity index (χ4v) is 3.81. The Kier molecular flexibility index (Phi) is 5.09. The third kappa shape index (κ3) is 3.12. The highest BCUT2D eigenvalue weighted by Crippen LogP contribution is 2.42. The number of aliphatic hydroxyl groups is 3. The lowest BCUT2D eigenvalue weighted by Gasteiger charge is -2.49. The zero-order valence-corrected chi connectivity index (χ0v) is 15.0. The van der Waals surface area contributed by atoms with E-state index in [1.165, 1.54) is 6.20 Å². The molecule has 1 aromatic carbocycles. The molecular weight excluding hydrogens is 397 g/mol. The quantitative estimate of drug-likeness (QED) is 0.490. The molecule has 2 aromatic rings. The number of aromatic nitrogens is 3. The first kappa shape index (κ1) is 20.2. The molecule has 1 aromatic heterocycles. The van der Waals surface area contributed by atoms with Crippen LogP contribution in [0.5, 0.6) is 0 Å². The number of rotatable bonds is 3. The minimum Gasteiger partial charge on any atom is -0.394 e. The molecule has 2 fully saturated rings. The molecule has 6 unspecified atom stereocenters. The summed E-state index contributed by atoms with van der Waals surface area (Å²) in [6.07, 6.45) is -2.45. The van der Waals surface area contributed by atoms with Crippen LogP contribution in [-0.4, -0.2) is 73.7 Å². The Bertz CT molecular complexity index is 892. The molecule has 9 nitrogen and oxygen atoms in total. The van der Waals surface area contributed by atoms with Crippen molar-refractivity contribution < 1.29 is 38.0 Å². The summed E-state index contributed by atoms with van der Waals surface area (Å²) >= 11 is 0. The number of ether oxygens (including phenoxy) is 2. The Labute approximate surface area is 162 Å². The van der Waals surface area contributed by atoms with Crippen LogP contribution in [0.15, 0.2) is 18.3 Å². The van der Waals surface area contributed by atoms with Crippen LogP contribution in [-0.2, 0) is 9.47 Å². The summed E-state index contributed by atoms with van der Waals surface area (Å²) < 4.78 is 52.5. The van der Waals surface area contributed by atoms with E-state index in [1.54, 1.807) is 0 Å². The number of nitrogens with two attached hydrogens (primary N) is 1. The molecule has 6 atom stereocenters. The Balaban J connectivity index is 1.72. The van der Waals surface area contributed by atoms with Crippen LogP contribution in [0.2, 0.25) is 0 Å². The first-order valence-electron chi connectivity index (χ1n) is 8.89. The predicted octanol–water partition coefficient (Wildman–Crippen LogP) is -0.540. The van der Waals surface area contributed by atoms with E-state index in [0.29, 0.717) is 6.42 Å². The van der Waals surface area contributed by atoms with Gasteiger partial charge in [0.1, 0.15) is 30.0 Å². The molecule has 5 N–H and O–H groups in total. The van der Waals surface area contributed by atoms with Crippen LogP contribution in [0, 0.1) is 17.5 Å². The molecule has 0 aliphatic carbocycles. The minimum atomic E-state index is -1.67. The molecule has 4 rings (SSSR count). The van der Waals surface area contributed by atoms with Crippen LogP contribution in [0.1, 0.15) is 12.5 Å². The van der Waals surface area contributed by atoms with Crippen molar-refractivity contribution in [1.29, 1.82) is 0 Å². The molecule has 3 heterocycles. The number of nitrogens with zero attached hydrogens (tertiary/aromatic N) is 3. The summed E-state index contributed by atoms with van der Waals surface area (Å²) in [5.41, 5.74) is 5.92. The summed E-state index contributed by atoms with van der Waals surface area (Å²) in [6.45, 7) is -0.381. The van der Waals surface area contributed by atoms with Crippen LogP contribution >= 0.6 is 0 Å². The Hall–Kier alpha value is -2.09. The van der Waals surface area contributed by atoms with E-state index in [4.69, 9.17) is 15.2 Å². The molecule has 12 heteroatoms. The fraction of sp³-hybridized carbons (Fsp3) is 0.529. The normalized spacial score (nSPS) is 34.8. The Morgan fingerprint density at radius 1 is 1.24 bits per heavy atom. The molecule has 158 valence electrons. The molecule has 2 aliphatic heterocycles. The van der Waals surface area contributed by atoms with E-state index >= 15 is 0 Å². The van der Waals surface area contributed by atoms with Crippen molar-refractivity contribution in [3.63, 3.8) is 0 Å². The highest BCUT2D eigenvalue weighted by Gasteiger charge is 2.60. The van der Waals surface area contributed by atoms with E-state index in [-0.39, 0.29) is 17.9 Å². The van der Waals surface area contributed by atoms with E-state index in [0.717, 1.165) is 16.8 Å². The first-order valence-corrected chi connectivity index (χ1v) is 8.89. The van der Waals surface area contributed by atoms with E-state index in [1.807, 2.05) is 0 Å². The van der Waals surface area contributed by atoms with Crippen molar-refractivity contribution in [2.24, 2.45) is 5.73 Å².